The second kappa shape index (κ2) is 9.89. The van der Waals surface area contributed by atoms with Gasteiger partial charge in [-0.3, -0.25) is 14.6 Å². The van der Waals surface area contributed by atoms with E-state index < -0.39 is 11.3 Å². The molecule has 2 aliphatic heterocycles. The minimum Gasteiger partial charge on any atom is -0.497 e. The van der Waals surface area contributed by atoms with Gasteiger partial charge < -0.3 is 14.8 Å². The fourth-order valence-electron chi connectivity index (χ4n) is 3.78. The highest BCUT2D eigenvalue weighted by molar-refractivity contribution is 8.15. The van der Waals surface area contributed by atoms with E-state index in [0.29, 0.717) is 28.2 Å². The van der Waals surface area contributed by atoms with Crippen molar-refractivity contribution in [2.75, 3.05) is 19.5 Å². The number of thioether (sulfide) groups is 1. The maximum atomic E-state index is 13.3. The lowest BCUT2D eigenvalue weighted by atomic mass is 10.00. The van der Waals surface area contributed by atoms with Crippen LogP contribution in [0.2, 0.25) is 0 Å². The Morgan fingerprint density at radius 3 is 2.47 bits per heavy atom. The highest BCUT2D eigenvalue weighted by Crippen LogP contribution is 2.36. The average molecular weight is 481 g/mol. The quantitative estimate of drug-likeness (QED) is 0.631. The Morgan fingerprint density at radius 1 is 1.15 bits per heavy atom. The van der Waals surface area contributed by atoms with Gasteiger partial charge >= 0.3 is 0 Å². The molecule has 34 heavy (non-hydrogen) atoms. The Morgan fingerprint density at radius 2 is 1.82 bits per heavy atom. The van der Waals surface area contributed by atoms with E-state index >= 15 is 0 Å². The number of hydrogen-bond donors (Lipinski definition) is 1. The largest absolute Gasteiger partial charge is 0.497 e. The number of para-hydroxylation sites is 1. The van der Waals surface area contributed by atoms with Crippen LogP contribution in [0.25, 0.3) is 0 Å². The van der Waals surface area contributed by atoms with E-state index in [2.05, 4.69) is 5.32 Å². The Balaban J connectivity index is 1.58. The summed E-state index contributed by atoms with van der Waals surface area (Å²) in [6.07, 6.45) is 0.838. The molecule has 0 aromatic heterocycles. The van der Waals surface area contributed by atoms with Crippen molar-refractivity contribution in [2.45, 2.75) is 38.5 Å². The first-order chi connectivity index (χ1) is 16.4. The van der Waals surface area contributed by atoms with Crippen molar-refractivity contribution in [3.8, 4) is 11.5 Å². The third-order valence-electron chi connectivity index (χ3n) is 5.95. The maximum Gasteiger partial charge on any atom is 0.259 e. The van der Waals surface area contributed by atoms with E-state index in [1.807, 2.05) is 38.1 Å². The molecular formula is C25H28N4O4S. The van der Waals surface area contributed by atoms with E-state index in [-0.39, 0.29) is 17.7 Å². The third-order valence-corrected chi connectivity index (χ3v) is 7.00. The fourth-order valence-corrected chi connectivity index (χ4v) is 4.69. The number of nitrogens with zero attached hydrogens (tertiary/aromatic N) is 3. The van der Waals surface area contributed by atoms with E-state index in [1.165, 1.54) is 11.8 Å². The molecule has 9 heteroatoms. The van der Waals surface area contributed by atoms with Gasteiger partial charge in [0.2, 0.25) is 5.91 Å². The van der Waals surface area contributed by atoms with Crippen molar-refractivity contribution < 1.29 is 19.1 Å². The molecule has 2 heterocycles. The van der Waals surface area contributed by atoms with Crippen molar-refractivity contribution in [1.82, 2.24) is 4.90 Å². The van der Waals surface area contributed by atoms with Crippen LogP contribution in [0.1, 0.15) is 32.8 Å². The van der Waals surface area contributed by atoms with Crippen molar-refractivity contribution in [3.63, 3.8) is 0 Å². The normalized spacial score (nSPS) is 18.3. The summed E-state index contributed by atoms with van der Waals surface area (Å²) < 4.78 is 10.6. The molecule has 2 aromatic carbocycles. The molecule has 0 bridgehead atoms. The predicted octanol–water partition coefficient (Wildman–Crippen LogP) is 4.47. The summed E-state index contributed by atoms with van der Waals surface area (Å²) in [4.78, 5) is 37.4. The molecule has 178 valence electrons. The van der Waals surface area contributed by atoms with Gasteiger partial charge in [-0.2, -0.15) is 0 Å². The molecule has 0 unspecified atom stereocenters. The van der Waals surface area contributed by atoms with Gasteiger partial charge in [-0.15, -0.1) is 0 Å². The zero-order valence-electron chi connectivity index (χ0n) is 19.9. The number of amides is 2. The summed E-state index contributed by atoms with van der Waals surface area (Å²) in [5.74, 6) is 1.52. The highest BCUT2D eigenvalue weighted by atomic mass is 32.2. The number of fused-ring (bicyclic) bond motifs is 3. The van der Waals surface area contributed by atoms with Crippen molar-refractivity contribution in [1.29, 1.82) is 0 Å². The number of hydrogen-bond acceptors (Lipinski definition) is 7. The van der Waals surface area contributed by atoms with E-state index in [1.54, 1.807) is 44.2 Å². The minimum absolute atomic E-state index is 0.102. The Hall–Kier alpha value is -3.33. The maximum absolute atomic E-state index is 13.3. The Bertz CT molecular complexity index is 1160. The van der Waals surface area contributed by atoms with Crippen LogP contribution < -0.4 is 14.8 Å². The van der Waals surface area contributed by atoms with Gasteiger partial charge in [0.05, 0.1) is 25.2 Å². The van der Waals surface area contributed by atoms with Crippen LogP contribution in [0, 0.1) is 5.92 Å². The van der Waals surface area contributed by atoms with Gasteiger partial charge in [-0.1, -0.05) is 44.2 Å². The second-order valence-corrected chi connectivity index (χ2v) is 9.53. The molecule has 0 fully saturated rings. The van der Waals surface area contributed by atoms with Crippen LogP contribution in [-0.4, -0.2) is 53.2 Å². The van der Waals surface area contributed by atoms with E-state index in [9.17, 15) is 9.59 Å². The van der Waals surface area contributed by atoms with Gasteiger partial charge in [-0.25, -0.2) is 9.89 Å². The molecule has 2 amide bonds. The third kappa shape index (κ3) is 4.52. The molecule has 8 nitrogen and oxygen atoms in total. The first-order valence-electron chi connectivity index (χ1n) is 11.2. The molecule has 0 radical (unpaired) electrons. The topological polar surface area (TPSA) is 92.6 Å². The molecule has 0 saturated carbocycles. The SMILES string of the molecule is CC[C@H](C)[C@H]1N=C2c3ccccc3N=C(S[C@H](C)C(=O)Nc3cc(OC)cc(OC)c3)N2C1=O. The molecule has 0 aliphatic carbocycles. The lowest BCUT2D eigenvalue weighted by Gasteiger charge is -2.27. The fraction of sp³-hybridized carbons (Fsp3) is 0.360. The number of methoxy groups -OCH3 is 2. The summed E-state index contributed by atoms with van der Waals surface area (Å²) in [6.45, 7) is 5.86. The van der Waals surface area contributed by atoms with Gasteiger partial charge in [0, 0.05) is 29.4 Å². The number of nitrogens with one attached hydrogen (secondary N) is 1. The molecule has 0 spiro atoms. The summed E-state index contributed by atoms with van der Waals surface area (Å²) in [7, 11) is 3.10. The zero-order valence-corrected chi connectivity index (χ0v) is 20.7. The number of rotatable bonds is 7. The van der Waals surface area contributed by atoms with Crippen LogP contribution in [0.5, 0.6) is 11.5 Å². The van der Waals surface area contributed by atoms with Gasteiger partial charge in [0.25, 0.3) is 5.91 Å². The first kappa shape index (κ1) is 23.8. The molecule has 0 saturated heterocycles. The molecule has 2 aromatic rings. The molecular weight excluding hydrogens is 452 g/mol. The van der Waals surface area contributed by atoms with Gasteiger partial charge in [0.1, 0.15) is 23.4 Å². The number of amidine groups is 2. The van der Waals surface area contributed by atoms with E-state index in [0.717, 1.165) is 17.7 Å². The van der Waals surface area contributed by atoms with E-state index in [4.69, 9.17) is 19.5 Å². The first-order valence-corrected chi connectivity index (χ1v) is 12.0. The summed E-state index contributed by atoms with van der Waals surface area (Å²) in [5, 5.41) is 2.83. The van der Waals surface area contributed by atoms with Crippen LogP contribution in [-0.2, 0) is 9.59 Å². The number of carbonyl (C=O) groups excluding carboxylic acids is 2. The van der Waals surface area contributed by atoms with Crippen molar-refractivity contribution in [2.24, 2.45) is 15.9 Å². The van der Waals surface area contributed by atoms with Crippen molar-refractivity contribution in [3.05, 3.63) is 48.0 Å². The standard InChI is InChI=1S/C25H28N4O4S/c1-6-14(2)21-24(31)29-22(28-21)19-9-7-8-10-20(19)27-25(29)34-15(3)23(30)26-16-11-17(32-4)13-18(12-16)33-5/h7-15,21H,6H2,1-5H3,(H,26,30)/t14-,15+,21+/m0/s1. The zero-order chi connectivity index (χ0) is 24.4. The van der Waals surface area contributed by atoms with Gasteiger partial charge in [0.15, 0.2) is 5.17 Å². The molecule has 1 N–H and O–H groups in total. The number of aliphatic imine (C=N–C) groups is 2. The molecule has 4 rings (SSSR count). The minimum atomic E-state index is -0.530. The predicted molar refractivity (Wildman–Crippen MR) is 135 cm³/mol. The number of carbonyl (C=O) groups is 2. The molecule has 3 atom stereocenters. The van der Waals surface area contributed by atoms with Crippen LogP contribution >= 0.6 is 11.8 Å². The van der Waals surface area contributed by atoms with Gasteiger partial charge in [-0.05, 0) is 25.0 Å². The van der Waals surface area contributed by atoms with Crippen LogP contribution in [0.3, 0.4) is 0 Å². The Kier molecular flexibility index (Phi) is 6.92. The lowest BCUT2D eigenvalue weighted by molar-refractivity contribution is -0.125. The lowest BCUT2D eigenvalue weighted by Crippen LogP contribution is -2.43. The Labute approximate surface area is 203 Å². The summed E-state index contributed by atoms with van der Waals surface area (Å²) in [5.41, 5.74) is 2.12. The van der Waals surface area contributed by atoms with Crippen molar-refractivity contribution >= 4 is 46.0 Å². The molecule has 2 aliphatic rings. The number of benzene rings is 2. The number of anilines is 1. The monoisotopic (exact) mass is 480 g/mol. The summed E-state index contributed by atoms with van der Waals surface area (Å²) in [6, 6.07) is 12.3. The average Bonchev–Trinajstić information content (AvgIpc) is 3.20. The smallest absolute Gasteiger partial charge is 0.259 e. The summed E-state index contributed by atoms with van der Waals surface area (Å²) >= 11 is 1.23. The van der Waals surface area contributed by atoms with Crippen LogP contribution in [0.4, 0.5) is 11.4 Å². The number of ether oxygens (including phenoxy) is 2. The van der Waals surface area contributed by atoms with Crippen LogP contribution in [0.15, 0.2) is 52.4 Å². The second-order valence-electron chi connectivity index (χ2n) is 8.22. The highest BCUT2D eigenvalue weighted by Gasteiger charge is 2.43.